The molecule has 0 aliphatic carbocycles. The van der Waals surface area contributed by atoms with Crippen molar-refractivity contribution in [3.05, 3.63) is 65.7 Å². The fraction of sp³-hybridized carbons (Fsp3) is 0.304. The molecule has 0 aliphatic rings. The number of carbonyl (C=O) groups excluding carboxylic acids is 1. The van der Waals surface area contributed by atoms with Gasteiger partial charge in [0.1, 0.15) is 5.75 Å². The number of ether oxygens (including phenoxy) is 1. The van der Waals surface area contributed by atoms with E-state index in [9.17, 15) is 4.79 Å². The summed E-state index contributed by atoms with van der Waals surface area (Å²) in [5.74, 6) is 1.87. The zero-order valence-corrected chi connectivity index (χ0v) is 16.6. The first-order valence-corrected chi connectivity index (χ1v) is 9.60. The summed E-state index contributed by atoms with van der Waals surface area (Å²) in [4.78, 5) is 16.7. The lowest BCUT2D eigenvalue weighted by Crippen LogP contribution is -2.13. The molecule has 3 aromatic rings. The van der Waals surface area contributed by atoms with Crippen LogP contribution in [0.2, 0.25) is 0 Å². The van der Waals surface area contributed by atoms with Crippen LogP contribution in [0.4, 0.5) is 5.69 Å². The number of amides is 1. The lowest BCUT2D eigenvalue weighted by atomic mass is 10.1. The second kappa shape index (κ2) is 9.22. The lowest BCUT2D eigenvalue weighted by Gasteiger charge is -2.12. The SMILES string of the molecule is CCCOc1cc(C)ccc1NC(=O)CCc1ncc(-c2ccc(C)cc2)o1. The largest absolute Gasteiger partial charge is 0.491 e. The van der Waals surface area contributed by atoms with Crippen molar-refractivity contribution < 1.29 is 13.9 Å². The highest BCUT2D eigenvalue weighted by atomic mass is 16.5. The van der Waals surface area contributed by atoms with E-state index in [4.69, 9.17) is 9.15 Å². The summed E-state index contributed by atoms with van der Waals surface area (Å²) in [7, 11) is 0. The number of oxazole rings is 1. The summed E-state index contributed by atoms with van der Waals surface area (Å²) >= 11 is 0. The number of rotatable bonds is 8. The quantitative estimate of drug-likeness (QED) is 0.576. The van der Waals surface area contributed by atoms with Gasteiger partial charge in [-0.3, -0.25) is 4.79 Å². The number of aryl methyl sites for hydroxylation is 3. The van der Waals surface area contributed by atoms with Gasteiger partial charge in [0.05, 0.1) is 18.5 Å². The molecule has 0 spiro atoms. The second-order valence-corrected chi connectivity index (χ2v) is 6.88. The van der Waals surface area contributed by atoms with Crippen LogP contribution in [0.1, 0.15) is 36.8 Å². The van der Waals surface area contributed by atoms with Crippen molar-refractivity contribution >= 4 is 11.6 Å². The van der Waals surface area contributed by atoms with Gasteiger partial charge in [-0.2, -0.15) is 0 Å². The fourth-order valence-electron chi connectivity index (χ4n) is 2.77. The maximum absolute atomic E-state index is 12.4. The smallest absolute Gasteiger partial charge is 0.224 e. The molecule has 3 rings (SSSR count). The Morgan fingerprint density at radius 2 is 1.86 bits per heavy atom. The van der Waals surface area contributed by atoms with Gasteiger partial charge in [-0.1, -0.05) is 42.8 Å². The normalized spacial score (nSPS) is 10.7. The maximum Gasteiger partial charge on any atom is 0.224 e. The van der Waals surface area contributed by atoms with E-state index in [1.54, 1.807) is 6.20 Å². The Bertz CT molecular complexity index is 929. The molecule has 28 heavy (non-hydrogen) atoms. The number of nitrogens with zero attached hydrogens (tertiary/aromatic N) is 1. The topological polar surface area (TPSA) is 64.4 Å². The molecule has 1 heterocycles. The van der Waals surface area contributed by atoms with Gasteiger partial charge in [0, 0.05) is 18.4 Å². The van der Waals surface area contributed by atoms with E-state index in [1.807, 2.05) is 56.3 Å². The molecule has 0 saturated carbocycles. The van der Waals surface area contributed by atoms with Crippen molar-refractivity contribution in [1.29, 1.82) is 0 Å². The van der Waals surface area contributed by atoms with Crippen LogP contribution >= 0.6 is 0 Å². The maximum atomic E-state index is 12.4. The molecule has 0 fully saturated rings. The Balaban J connectivity index is 1.58. The zero-order valence-electron chi connectivity index (χ0n) is 16.6. The van der Waals surface area contributed by atoms with E-state index < -0.39 is 0 Å². The molecule has 1 N–H and O–H groups in total. The van der Waals surface area contributed by atoms with Crippen molar-refractivity contribution in [3.63, 3.8) is 0 Å². The van der Waals surface area contributed by atoms with Crippen LogP contribution in [0.15, 0.2) is 53.1 Å². The van der Waals surface area contributed by atoms with Gasteiger partial charge >= 0.3 is 0 Å². The molecule has 146 valence electrons. The molecule has 1 aromatic heterocycles. The third-order valence-corrected chi connectivity index (χ3v) is 4.33. The predicted molar refractivity (Wildman–Crippen MR) is 111 cm³/mol. The van der Waals surface area contributed by atoms with Crippen LogP contribution in [0.25, 0.3) is 11.3 Å². The van der Waals surface area contributed by atoms with Crippen LogP contribution in [0.3, 0.4) is 0 Å². The van der Waals surface area contributed by atoms with Crippen LogP contribution < -0.4 is 10.1 Å². The average Bonchev–Trinajstić information content (AvgIpc) is 3.16. The van der Waals surface area contributed by atoms with Crippen molar-refractivity contribution in [1.82, 2.24) is 4.98 Å². The highest BCUT2D eigenvalue weighted by Crippen LogP contribution is 2.26. The van der Waals surface area contributed by atoms with Crippen LogP contribution in [-0.4, -0.2) is 17.5 Å². The zero-order chi connectivity index (χ0) is 19.9. The number of nitrogens with one attached hydrogen (secondary N) is 1. The average molecular weight is 378 g/mol. The number of anilines is 1. The minimum Gasteiger partial charge on any atom is -0.491 e. The standard InChI is InChI=1S/C23H26N2O3/c1-4-13-27-20-14-17(3)7-10-19(20)25-22(26)11-12-23-24-15-21(28-23)18-8-5-16(2)6-9-18/h5-10,14-15H,4,11-13H2,1-3H3,(H,25,26). The Kier molecular flexibility index (Phi) is 6.48. The molecule has 0 bridgehead atoms. The van der Waals surface area contributed by atoms with E-state index in [1.165, 1.54) is 5.56 Å². The molecule has 2 aromatic carbocycles. The summed E-state index contributed by atoms with van der Waals surface area (Å²) in [6, 6.07) is 13.8. The first-order chi connectivity index (χ1) is 13.5. The summed E-state index contributed by atoms with van der Waals surface area (Å²) in [5.41, 5.74) is 3.95. The third-order valence-electron chi connectivity index (χ3n) is 4.33. The predicted octanol–water partition coefficient (Wildman–Crippen LogP) is 5.32. The molecule has 0 atom stereocenters. The number of aromatic nitrogens is 1. The van der Waals surface area contributed by atoms with E-state index in [2.05, 4.69) is 17.2 Å². The number of carbonyl (C=O) groups is 1. The Labute approximate surface area is 165 Å². The molecule has 0 saturated heterocycles. The first-order valence-electron chi connectivity index (χ1n) is 9.60. The van der Waals surface area contributed by atoms with Gasteiger partial charge in [-0.25, -0.2) is 4.98 Å². The van der Waals surface area contributed by atoms with E-state index >= 15 is 0 Å². The van der Waals surface area contributed by atoms with Gasteiger partial charge in [0.15, 0.2) is 11.7 Å². The molecule has 1 amide bonds. The molecule has 5 nitrogen and oxygen atoms in total. The Morgan fingerprint density at radius 1 is 1.11 bits per heavy atom. The van der Waals surface area contributed by atoms with Crippen LogP contribution in [0, 0.1) is 13.8 Å². The van der Waals surface area contributed by atoms with Crippen LogP contribution in [0.5, 0.6) is 5.75 Å². The number of hydrogen-bond donors (Lipinski definition) is 1. The molecular weight excluding hydrogens is 352 g/mol. The monoisotopic (exact) mass is 378 g/mol. The lowest BCUT2D eigenvalue weighted by molar-refractivity contribution is -0.116. The van der Waals surface area contributed by atoms with Gasteiger partial charge in [0.25, 0.3) is 0 Å². The highest BCUT2D eigenvalue weighted by Gasteiger charge is 2.11. The van der Waals surface area contributed by atoms with Gasteiger partial charge < -0.3 is 14.5 Å². The summed E-state index contributed by atoms with van der Waals surface area (Å²) in [6.07, 6.45) is 3.34. The van der Waals surface area contributed by atoms with E-state index in [0.717, 1.165) is 17.5 Å². The van der Waals surface area contributed by atoms with Gasteiger partial charge in [-0.05, 0) is 38.0 Å². The van der Waals surface area contributed by atoms with Crippen molar-refractivity contribution in [2.45, 2.75) is 40.0 Å². The van der Waals surface area contributed by atoms with Crippen LogP contribution in [-0.2, 0) is 11.2 Å². The highest BCUT2D eigenvalue weighted by molar-refractivity contribution is 5.92. The number of benzene rings is 2. The Hall–Kier alpha value is -3.08. The Morgan fingerprint density at radius 3 is 2.61 bits per heavy atom. The summed E-state index contributed by atoms with van der Waals surface area (Å²) in [6.45, 7) is 6.71. The van der Waals surface area contributed by atoms with Gasteiger partial charge in [0.2, 0.25) is 5.91 Å². The van der Waals surface area contributed by atoms with E-state index in [-0.39, 0.29) is 12.3 Å². The first kappa shape index (κ1) is 19.7. The fourth-order valence-corrected chi connectivity index (χ4v) is 2.77. The summed E-state index contributed by atoms with van der Waals surface area (Å²) in [5, 5.41) is 2.93. The second-order valence-electron chi connectivity index (χ2n) is 6.88. The molecule has 5 heteroatoms. The van der Waals surface area contributed by atoms with Crippen molar-refractivity contribution in [2.75, 3.05) is 11.9 Å². The minimum atomic E-state index is -0.0970. The molecular formula is C23H26N2O3. The molecule has 0 unspecified atom stereocenters. The van der Waals surface area contributed by atoms with Gasteiger partial charge in [-0.15, -0.1) is 0 Å². The number of hydrogen-bond acceptors (Lipinski definition) is 4. The third kappa shape index (κ3) is 5.22. The molecule has 0 radical (unpaired) electrons. The molecule has 0 aliphatic heterocycles. The van der Waals surface area contributed by atoms with E-state index in [0.29, 0.717) is 36.1 Å². The minimum absolute atomic E-state index is 0.0970. The van der Waals surface area contributed by atoms with Crippen molar-refractivity contribution in [2.24, 2.45) is 0 Å². The summed E-state index contributed by atoms with van der Waals surface area (Å²) < 4.78 is 11.5. The van der Waals surface area contributed by atoms with Crippen molar-refractivity contribution in [3.8, 4) is 17.1 Å².